The van der Waals surface area contributed by atoms with Gasteiger partial charge >= 0.3 is 0 Å². The Labute approximate surface area is 262 Å². The molecule has 0 fully saturated rings. The quantitative estimate of drug-likeness (QED) is 0.197. The number of hydrogen-bond donors (Lipinski definition) is 2. The van der Waals surface area contributed by atoms with Gasteiger partial charge in [-0.25, -0.2) is 9.97 Å². The number of aryl methyl sites for hydroxylation is 2. The van der Waals surface area contributed by atoms with E-state index in [1.165, 1.54) is 9.75 Å². The highest BCUT2D eigenvalue weighted by atomic mass is 32.1. The van der Waals surface area contributed by atoms with E-state index in [4.69, 9.17) is 9.97 Å². The maximum absolute atomic E-state index is 13.7. The van der Waals surface area contributed by atoms with Crippen molar-refractivity contribution in [1.82, 2.24) is 9.97 Å². The molecule has 7 rings (SSSR count). The summed E-state index contributed by atoms with van der Waals surface area (Å²) in [5, 5.41) is 7.60. The topological polar surface area (TPSA) is 84.0 Å². The number of nitrogens with zero attached hydrogens (tertiary/aromatic N) is 2. The third-order valence-electron chi connectivity index (χ3n) is 7.29. The number of pyridine rings is 2. The van der Waals surface area contributed by atoms with Crippen LogP contribution in [0.1, 0.15) is 30.5 Å². The van der Waals surface area contributed by atoms with Crippen LogP contribution >= 0.6 is 22.7 Å². The van der Waals surface area contributed by atoms with Gasteiger partial charge in [0.15, 0.2) is 0 Å². The Morgan fingerprint density at radius 2 is 1.00 bits per heavy atom. The number of para-hydroxylation sites is 2. The predicted molar refractivity (Wildman–Crippen MR) is 182 cm³/mol. The van der Waals surface area contributed by atoms with E-state index >= 15 is 0 Å². The number of thiophene rings is 2. The van der Waals surface area contributed by atoms with Crippen LogP contribution < -0.4 is 10.6 Å². The van der Waals surface area contributed by atoms with Crippen LogP contribution in [0.4, 0.5) is 11.4 Å². The number of rotatable bonds is 6. The van der Waals surface area contributed by atoms with E-state index in [9.17, 15) is 9.59 Å². The molecule has 0 bridgehead atoms. The molecule has 44 heavy (non-hydrogen) atoms. The Balaban J connectivity index is 1.17. The van der Waals surface area contributed by atoms with Crippen molar-refractivity contribution in [2.24, 2.45) is 0 Å². The summed E-state index contributed by atoms with van der Waals surface area (Å²) in [6.45, 7) is 4.10. The van der Waals surface area contributed by atoms with Gasteiger partial charge in [0.2, 0.25) is 0 Å². The highest BCUT2D eigenvalue weighted by Gasteiger charge is 2.17. The molecule has 0 radical (unpaired) electrons. The lowest BCUT2D eigenvalue weighted by atomic mass is 10.1. The summed E-state index contributed by atoms with van der Waals surface area (Å²) in [7, 11) is 0. The number of anilines is 2. The van der Waals surface area contributed by atoms with E-state index in [2.05, 4.69) is 36.6 Å². The Hall–Kier alpha value is -5.18. The van der Waals surface area contributed by atoms with Crippen LogP contribution in [0.15, 0.2) is 109 Å². The minimum Gasteiger partial charge on any atom is -0.322 e. The first-order valence-electron chi connectivity index (χ1n) is 14.1. The van der Waals surface area contributed by atoms with Crippen molar-refractivity contribution in [3.05, 3.63) is 130 Å². The molecule has 4 aromatic heterocycles. The van der Waals surface area contributed by atoms with Crippen molar-refractivity contribution in [2.75, 3.05) is 10.6 Å². The zero-order valence-corrected chi connectivity index (χ0v) is 25.6. The average molecular weight is 611 g/mol. The van der Waals surface area contributed by atoms with E-state index < -0.39 is 0 Å². The molecular formula is C36H26N4O2S2. The largest absolute Gasteiger partial charge is 0.322 e. The van der Waals surface area contributed by atoms with E-state index in [-0.39, 0.29) is 11.8 Å². The summed E-state index contributed by atoms with van der Waals surface area (Å²) in [5.74, 6) is -0.504. The third kappa shape index (κ3) is 5.48. The van der Waals surface area contributed by atoms with Gasteiger partial charge in [-0.1, -0.05) is 42.5 Å². The van der Waals surface area contributed by atoms with E-state index in [0.717, 1.165) is 42.9 Å². The Kier molecular flexibility index (Phi) is 7.21. The number of aromatic nitrogens is 2. The second kappa shape index (κ2) is 11.5. The molecule has 3 aromatic carbocycles. The number of amides is 2. The molecule has 8 heteroatoms. The molecule has 0 aliphatic heterocycles. The van der Waals surface area contributed by atoms with E-state index in [0.29, 0.717) is 22.5 Å². The van der Waals surface area contributed by atoms with Gasteiger partial charge in [-0.05, 0) is 80.6 Å². The molecule has 2 amide bonds. The van der Waals surface area contributed by atoms with Crippen LogP contribution in [0.2, 0.25) is 0 Å². The van der Waals surface area contributed by atoms with Gasteiger partial charge in [0.1, 0.15) is 0 Å². The van der Waals surface area contributed by atoms with Crippen molar-refractivity contribution < 1.29 is 9.59 Å². The van der Waals surface area contributed by atoms with Crippen molar-refractivity contribution in [3.63, 3.8) is 0 Å². The first kappa shape index (κ1) is 27.6. The van der Waals surface area contributed by atoms with Gasteiger partial charge in [-0.15, -0.1) is 22.7 Å². The fourth-order valence-corrected chi connectivity index (χ4v) is 6.85. The number of carbonyl (C=O) groups excluding carboxylic acids is 2. The normalized spacial score (nSPS) is 11.1. The molecule has 0 unspecified atom stereocenters. The number of hydrogen-bond acceptors (Lipinski definition) is 6. The maximum atomic E-state index is 13.7. The molecule has 4 heterocycles. The fraction of sp³-hybridized carbons (Fsp3) is 0.0556. The predicted octanol–water partition coefficient (Wildman–Crippen LogP) is 9.36. The summed E-state index contributed by atoms with van der Waals surface area (Å²) in [5.41, 5.74) is 5.22. The van der Waals surface area contributed by atoms with Crippen LogP contribution in [-0.2, 0) is 0 Å². The third-order valence-corrected chi connectivity index (χ3v) is 9.33. The first-order valence-corrected chi connectivity index (χ1v) is 15.7. The minimum atomic E-state index is -0.252. The Bertz CT molecular complexity index is 2060. The van der Waals surface area contributed by atoms with Crippen LogP contribution in [0.25, 0.3) is 42.9 Å². The van der Waals surface area contributed by atoms with Crippen molar-refractivity contribution in [3.8, 4) is 21.1 Å². The number of benzene rings is 3. The lowest BCUT2D eigenvalue weighted by Gasteiger charge is -2.12. The van der Waals surface area contributed by atoms with Crippen LogP contribution in [0.5, 0.6) is 0 Å². The van der Waals surface area contributed by atoms with Gasteiger partial charge in [0, 0.05) is 31.9 Å². The summed E-state index contributed by atoms with van der Waals surface area (Å²) >= 11 is 3.29. The van der Waals surface area contributed by atoms with Gasteiger partial charge in [-0.3, -0.25) is 9.59 Å². The van der Waals surface area contributed by atoms with E-state index in [1.54, 1.807) is 46.9 Å². The summed E-state index contributed by atoms with van der Waals surface area (Å²) in [6, 6.07) is 34.3. The zero-order valence-electron chi connectivity index (χ0n) is 23.9. The van der Waals surface area contributed by atoms with Crippen LogP contribution in [0, 0.1) is 13.8 Å². The lowest BCUT2D eigenvalue weighted by Crippen LogP contribution is -2.15. The summed E-state index contributed by atoms with van der Waals surface area (Å²) in [6.07, 6.45) is 0. The van der Waals surface area contributed by atoms with Crippen LogP contribution in [0.3, 0.4) is 0 Å². The van der Waals surface area contributed by atoms with Crippen molar-refractivity contribution in [1.29, 1.82) is 0 Å². The second-order valence-electron chi connectivity index (χ2n) is 10.5. The summed E-state index contributed by atoms with van der Waals surface area (Å²) in [4.78, 5) is 41.3. The Morgan fingerprint density at radius 1 is 0.545 bits per heavy atom. The van der Waals surface area contributed by atoms with Crippen molar-refractivity contribution >= 4 is 67.7 Å². The molecule has 0 saturated carbocycles. The molecule has 7 aromatic rings. The van der Waals surface area contributed by atoms with E-state index in [1.807, 2.05) is 72.8 Å². The van der Waals surface area contributed by atoms with Gasteiger partial charge in [0.05, 0.1) is 43.3 Å². The zero-order chi connectivity index (χ0) is 30.2. The van der Waals surface area contributed by atoms with Gasteiger partial charge < -0.3 is 10.6 Å². The number of nitrogens with one attached hydrogen (secondary N) is 2. The molecule has 214 valence electrons. The highest BCUT2D eigenvalue weighted by molar-refractivity contribution is 7.15. The molecule has 0 saturated heterocycles. The smallest absolute Gasteiger partial charge is 0.256 e. The standard InChI is InChI=1S/C36H26N4O2S2/c1-21-14-16-33(43-21)31-19-27(25-10-3-5-12-29(25)39-31)35(41)37-23-8-7-9-24(18-23)38-36(42)28-20-32(34-17-15-22(2)44-34)40-30-13-6-4-11-26(28)30/h3-20H,1-2H3,(H,37,41)(H,38,42). The number of fused-ring (bicyclic) bond motifs is 2. The molecular weight excluding hydrogens is 585 g/mol. The molecule has 6 nitrogen and oxygen atoms in total. The molecule has 0 spiro atoms. The minimum absolute atomic E-state index is 0.252. The van der Waals surface area contributed by atoms with Gasteiger partial charge in [0.25, 0.3) is 11.8 Å². The van der Waals surface area contributed by atoms with Crippen LogP contribution in [-0.4, -0.2) is 21.8 Å². The Morgan fingerprint density at radius 3 is 1.43 bits per heavy atom. The maximum Gasteiger partial charge on any atom is 0.256 e. The lowest BCUT2D eigenvalue weighted by molar-refractivity contribution is 0.102. The monoisotopic (exact) mass is 610 g/mol. The molecule has 0 aliphatic rings. The molecule has 2 N–H and O–H groups in total. The van der Waals surface area contributed by atoms with Crippen molar-refractivity contribution in [2.45, 2.75) is 13.8 Å². The average Bonchev–Trinajstić information content (AvgIpc) is 3.68. The van der Waals surface area contributed by atoms with Gasteiger partial charge in [-0.2, -0.15) is 0 Å². The fourth-order valence-electron chi connectivity index (χ4n) is 5.19. The SMILES string of the molecule is Cc1ccc(-c2cc(C(=O)Nc3cccc(NC(=O)c4cc(-c5ccc(C)s5)nc5ccccc45)c3)c3ccccc3n2)s1. The second-order valence-corrected chi connectivity index (χ2v) is 13.0. The first-order chi connectivity index (χ1) is 21.4. The summed E-state index contributed by atoms with van der Waals surface area (Å²) < 4.78 is 0. The number of carbonyl (C=O) groups is 2. The highest BCUT2D eigenvalue weighted by Crippen LogP contribution is 2.32. The molecule has 0 aliphatic carbocycles. The molecule has 0 atom stereocenters.